The van der Waals surface area contributed by atoms with E-state index in [9.17, 15) is 9.59 Å². The number of rotatable bonds is 4. The number of esters is 1. The van der Waals surface area contributed by atoms with E-state index < -0.39 is 17.8 Å². The Kier molecular flexibility index (Phi) is 5.82. The Labute approximate surface area is 173 Å². The van der Waals surface area contributed by atoms with Crippen LogP contribution in [0.1, 0.15) is 28.3 Å². The van der Waals surface area contributed by atoms with Gasteiger partial charge >= 0.3 is 5.97 Å². The molecule has 0 amide bonds. The second-order valence-electron chi connectivity index (χ2n) is 6.48. The van der Waals surface area contributed by atoms with Crippen molar-refractivity contribution in [3.8, 4) is 0 Å². The van der Waals surface area contributed by atoms with Gasteiger partial charge in [-0.3, -0.25) is 4.79 Å². The first-order valence-corrected chi connectivity index (χ1v) is 9.38. The quantitative estimate of drug-likeness (QED) is 0.452. The number of hydrogen-bond acceptors (Lipinski definition) is 4. The molecule has 0 saturated heterocycles. The van der Waals surface area contributed by atoms with Gasteiger partial charge in [0.25, 0.3) is 5.78 Å². The second kappa shape index (κ2) is 8.12. The maximum Gasteiger partial charge on any atom is 0.379 e. The van der Waals surface area contributed by atoms with E-state index >= 15 is 0 Å². The monoisotopic (exact) mass is 414 g/mol. The van der Waals surface area contributed by atoms with Gasteiger partial charge in [-0.25, -0.2) is 4.79 Å². The van der Waals surface area contributed by atoms with Crippen LogP contribution in [0.25, 0.3) is 5.70 Å². The molecular formula is C21H19ClN2O3S. The van der Waals surface area contributed by atoms with Crippen molar-refractivity contribution in [2.45, 2.75) is 19.9 Å². The van der Waals surface area contributed by atoms with Crippen molar-refractivity contribution in [3.63, 3.8) is 0 Å². The van der Waals surface area contributed by atoms with Crippen molar-refractivity contribution >= 4 is 46.4 Å². The normalized spacial score (nSPS) is 16.3. The Morgan fingerprint density at radius 2 is 1.86 bits per heavy atom. The fourth-order valence-corrected chi connectivity index (χ4v) is 3.73. The van der Waals surface area contributed by atoms with Crippen molar-refractivity contribution in [1.82, 2.24) is 10.6 Å². The number of methoxy groups -OCH3 is 1. The largest absolute Gasteiger partial charge is 0.463 e. The first-order chi connectivity index (χ1) is 13.3. The van der Waals surface area contributed by atoms with Crippen molar-refractivity contribution < 1.29 is 14.3 Å². The summed E-state index contributed by atoms with van der Waals surface area (Å²) in [5.74, 6) is -1.71. The third-order valence-corrected chi connectivity index (χ3v) is 5.12. The standard InChI is InChI=1S/C21H19ClN2O3S/c1-11-8-9-13(12(2)10-11)17-16(19(25)20(26)27-3)18(24-21(28)23-17)14-6-4-5-7-15(14)22/h4-10,18H,1-3H3,(H2,23,24,28)/t18-/m1/s1. The van der Waals surface area contributed by atoms with Gasteiger partial charge in [0, 0.05) is 10.6 Å². The predicted octanol–water partition coefficient (Wildman–Crippen LogP) is 3.63. The molecule has 1 heterocycles. The van der Waals surface area contributed by atoms with Crippen LogP contribution in [0.2, 0.25) is 5.02 Å². The van der Waals surface area contributed by atoms with Gasteiger partial charge in [-0.2, -0.15) is 0 Å². The molecule has 28 heavy (non-hydrogen) atoms. The Hall–Kier alpha value is -2.70. The van der Waals surface area contributed by atoms with Crippen LogP contribution in [0.4, 0.5) is 0 Å². The highest BCUT2D eigenvalue weighted by Gasteiger charge is 2.36. The van der Waals surface area contributed by atoms with Gasteiger partial charge in [-0.05, 0) is 43.3 Å². The van der Waals surface area contributed by atoms with E-state index in [4.69, 9.17) is 28.6 Å². The Bertz CT molecular complexity index is 1020. The summed E-state index contributed by atoms with van der Waals surface area (Å²) >= 11 is 11.8. The molecule has 0 aromatic heterocycles. The Morgan fingerprint density at radius 3 is 2.50 bits per heavy atom. The van der Waals surface area contributed by atoms with Crippen LogP contribution < -0.4 is 10.6 Å². The highest BCUT2D eigenvalue weighted by Crippen LogP contribution is 2.36. The molecule has 144 valence electrons. The summed E-state index contributed by atoms with van der Waals surface area (Å²) in [5.41, 5.74) is 4.13. The van der Waals surface area contributed by atoms with Gasteiger partial charge in [-0.1, -0.05) is 53.6 Å². The smallest absolute Gasteiger partial charge is 0.379 e. The number of hydrogen-bond donors (Lipinski definition) is 2. The summed E-state index contributed by atoms with van der Waals surface area (Å²) in [5, 5.41) is 6.91. The highest BCUT2D eigenvalue weighted by molar-refractivity contribution is 7.80. The number of thiocarbonyl (C=S) groups is 1. The molecule has 1 aliphatic rings. The van der Waals surface area contributed by atoms with Crippen molar-refractivity contribution in [1.29, 1.82) is 0 Å². The number of ketones is 1. The van der Waals surface area contributed by atoms with E-state index in [2.05, 4.69) is 10.6 Å². The van der Waals surface area contributed by atoms with E-state index in [1.54, 1.807) is 18.2 Å². The lowest BCUT2D eigenvalue weighted by atomic mass is 9.88. The third kappa shape index (κ3) is 3.79. The minimum Gasteiger partial charge on any atom is -0.463 e. The molecular weight excluding hydrogens is 396 g/mol. The highest BCUT2D eigenvalue weighted by atomic mass is 35.5. The molecule has 0 radical (unpaired) electrons. The van der Waals surface area contributed by atoms with Crippen molar-refractivity contribution in [2.24, 2.45) is 0 Å². The minimum atomic E-state index is -0.953. The summed E-state index contributed by atoms with van der Waals surface area (Å²) in [7, 11) is 1.18. The summed E-state index contributed by atoms with van der Waals surface area (Å²) in [6.45, 7) is 3.92. The van der Waals surface area contributed by atoms with Crippen LogP contribution in [0.3, 0.4) is 0 Å². The molecule has 2 aromatic rings. The Morgan fingerprint density at radius 1 is 1.14 bits per heavy atom. The second-order valence-corrected chi connectivity index (χ2v) is 7.30. The molecule has 1 atom stereocenters. The zero-order chi connectivity index (χ0) is 20.4. The summed E-state index contributed by atoms with van der Waals surface area (Å²) < 4.78 is 4.70. The number of aryl methyl sites for hydroxylation is 2. The lowest BCUT2D eigenvalue weighted by molar-refractivity contribution is -0.150. The van der Waals surface area contributed by atoms with Gasteiger partial charge in [0.15, 0.2) is 5.11 Å². The van der Waals surface area contributed by atoms with E-state index in [1.165, 1.54) is 7.11 Å². The number of ether oxygens (including phenoxy) is 1. The maximum absolute atomic E-state index is 13.0. The SMILES string of the molecule is COC(=O)C(=O)C1=C(c2ccc(C)cc2C)NC(=S)N[C@@H]1c1ccccc1Cl. The molecule has 0 aliphatic carbocycles. The maximum atomic E-state index is 13.0. The predicted molar refractivity (Wildman–Crippen MR) is 113 cm³/mol. The average molecular weight is 415 g/mol. The fourth-order valence-electron chi connectivity index (χ4n) is 3.26. The summed E-state index contributed by atoms with van der Waals surface area (Å²) in [6, 6.07) is 12.3. The van der Waals surface area contributed by atoms with E-state index in [0.29, 0.717) is 21.4 Å². The molecule has 0 fully saturated rings. The molecule has 3 rings (SSSR count). The van der Waals surface area contributed by atoms with Gasteiger partial charge in [0.2, 0.25) is 0 Å². The lowest BCUT2D eigenvalue weighted by Gasteiger charge is -2.32. The molecule has 7 heteroatoms. The molecule has 0 bridgehead atoms. The van der Waals surface area contributed by atoms with Crippen LogP contribution >= 0.6 is 23.8 Å². The molecule has 5 nitrogen and oxygen atoms in total. The zero-order valence-corrected chi connectivity index (χ0v) is 17.2. The van der Waals surface area contributed by atoms with E-state index in [1.807, 2.05) is 38.1 Å². The number of benzene rings is 2. The minimum absolute atomic E-state index is 0.209. The first kappa shape index (κ1) is 20.0. The van der Waals surface area contributed by atoms with Crippen LogP contribution in [-0.4, -0.2) is 24.0 Å². The summed E-state index contributed by atoms with van der Waals surface area (Å²) in [4.78, 5) is 25.1. The van der Waals surface area contributed by atoms with Crippen LogP contribution in [0.5, 0.6) is 0 Å². The molecule has 0 unspecified atom stereocenters. The van der Waals surface area contributed by atoms with Crippen molar-refractivity contribution in [3.05, 3.63) is 75.3 Å². The van der Waals surface area contributed by atoms with Gasteiger partial charge < -0.3 is 15.4 Å². The molecule has 2 N–H and O–H groups in total. The zero-order valence-electron chi connectivity index (χ0n) is 15.6. The molecule has 0 saturated carbocycles. The third-order valence-electron chi connectivity index (χ3n) is 4.55. The number of Topliss-reactive ketones (excluding diaryl/α,β-unsaturated/α-hetero) is 1. The molecule has 2 aromatic carbocycles. The van der Waals surface area contributed by atoms with E-state index in [0.717, 1.165) is 16.7 Å². The van der Waals surface area contributed by atoms with Crippen LogP contribution in [0.15, 0.2) is 48.0 Å². The number of carbonyl (C=O) groups is 2. The van der Waals surface area contributed by atoms with Crippen LogP contribution in [-0.2, 0) is 14.3 Å². The lowest BCUT2D eigenvalue weighted by Crippen LogP contribution is -2.46. The summed E-state index contributed by atoms with van der Waals surface area (Å²) in [6.07, 6.45) is 0. The Balaban J connectivity index is 2.30. The first-order valence-electron chi connectivity index (χ1n) is 8.60. The molecule has 0 spiro atoms. The van der Waals surface area contributed by atoms with E-state index in [-0.39, 0.29) is 5.57 Å². The van der Waals surface area contributed by atoms with Gasteiger partial charge in [0.05, 0.1) is 24.4 Å². The van der Waals surface area contributed by atoms with Gasteiger partial charge in [-0.15, -0.1) is 0 Å². The van der Waals surface area contributed by atoms with Crippen molar-refractivity contribution in [2.75, 3.05) is 7.11 Å². The molecule has 1 aliphatic heterocycles. The number of nitrogens with one attached hydrogen (secondary N) is 2. The average Bonchev–Trinajstić information content (AvgIpc) is 2.66. The number of halogens is 1. The number of carbonyl (C=O) groups excluding carboxylic acids is 2. The topological polar surface area (TPSA) is 67.4 Å². The van der Waals surface area contributed by atoms with Crippen LogP contribution in [0, 0.1) is 13.8 Å². The fraction of sp³-hybridized carbons (Fsp3) is 0.190. The van der Waals surface area contributed by atoms with Gasteiger partial charge in [0.1, 0.15) is 0 Å².